The van der Waals surface area contributed by atoms with Crippen molar-refractivity contribution in [3.05, 3.63) is 127 Å². The fraction of sp³-hybridized carbons (Fsp3) is 0. The molecule has 3 aromatic rings. The SMILES string of the molecule is C=Cc1ccc(C=C)cc1.C=Cc1ccccc1.O=C(O)c1ccccc1. The smallest absolute Gasteiger partial charge is 0.335 e. The molecule has 136 valence electrons. The summed E-state index contributed by atoms with van der Waals surface area (Å²) >= 11 is 0. The zero-order chi connectivity index (χ0) is 19.9. The zero-order valence-electron chi connectivity index (χ0n) is 15.3. The average molecular weight is 356 g/mol. The van der Waals surface area contributed by atoms with Gasteiger partial charge in [-0.2, -0.15) is 0 Å². The Bertz CT molecular complexity index is 806. The molecule has 0 spiro atoms. The zero-order valence-corrected chi connectivity index (χ0v) is 15.3. The minimum Gasteiger partial charge on any atom is -0.478 e. The van der Waals surface area contributed by atoms with Crippen molar-refractivity contribution < 1.29 is 9.90 Å². The van der Waals surface area contributed by atoms with Crippen LogP contribution < -0.4 is 0 Å². The molecule has 2 nitrogen and oxygen atoms in total. The molecule has 0 heterocycles. The van der Waals surface area contributed by atoms with Crippen molar-refractivity contribution in [2.24, 2.45) is 0 Å². The Morgan fingerprint density at radius 1 is 0.593 bits per heavy atom. The third kappa shape index (κ3) is 8.84. The number of hydrogen-bond acceptors (Lipinski definition) is 1. The van der Waals surface area contributed by atoms with Gasteiger partial charge in [0.05, 0.1) is 5.56 Å². The second-order valence-electron chi connectivity index (χ2n) is 5.36. The number of carboxylic acid groups (broad SMARTS) is 1. The fourth-order valence-electron chi connectivity index (χ4n) is 1.94. The normalized spacial score (nSPS) is 8.74. The van der Waals surface area contributed by atoms with Gasteiger partial charge in [0, 0.05) is 0 Å². The van der Waals surface area contributed by atoms with E-state index in [9.17, 15) is 4.79 Å². The fourth-order valence-corrected chi connectivity index (χ4v) is 1.94. The third-order valence-electron chi connectivity index (χ3n) is 3.46. The summed E-state index contributed by atoms with van der Waals surface area (Å²) in [6.07, 6.45) is 5.49. The Labute approximate surface area is 161 Å². The number of hydrogen-bond donors (Lipinski definition) is 1. The van der Waals surface area contributed by atoms with Crippen LogP contribution in [0.3, 0.4) is 0 Å². The van der Waals surface area contributed by atoms with Gasteiger partial charge < -0.3 is 5.11 Å². The van der Waals surface area contributed by atoms with Gasteiger partial charge in [0.1, 0.15) is 0 Å². The van der Waals surface area contributed by atoms with Crippen LogP contribution >= 0.6 is 0 Å². The Morgan fingerprint density at radius 3 is 1.19 bits per heavy atom. The van der Waals surface area contributed by atoms with E-state index in [0.717, 1.165) is 11.1 Å². The minimum atomic E-state index is -0.879. The van der Waals surface area contributed by atoms with Gasteiger partial charge in [-0.05, 0) is 28.8 Å². The molecule has 2 heteroatoms. The molecular formula is C25H24O2. The van der Waals surface area contributed by atoms with Gasteiger partial charge in [0.2, 0.25) is 0 Å². The van der Waals surface area contributed by atoms with Crippen LogP contribution in [-0.4, -0.2) is 11.1 Å². The van der Waals surface area contributed by atoms with Gasteiger partial charge in [-0.1, -0.05) is 111 Å². The molecule has 27 heavy (non-hydrogen) atoms. The largest absolute Gasteiger partial charge is 0.478 e. The van der Waals surface area contributed by atoms with Gasteiger partial charge in [0.15, 0.2) is 0 Å². The lowest BCUT2D eigenvalue weighted by atomic mass is 10.1. The van der Waals surface area contributed by atoms with E-state index in [4.69, 9.17) is 5.11 Å². The molecule has 0 aromatic heterocycles. The number of rotatable bonds is 4. The van der Waals surface area contributed by atoms with Crippen molar-refractivity contribution in [1.82, 2.24) is 0 Å². The van der Waals surface area contributed by atoms with Gasteiger partial charge in [-0.15, -0.1) is 0 Å². The second kappa shape index (κ2) is 12.7. The topological polar surface area (TPSA) is 37.3 Å². The monoisotopic (exact) mass is 356 g/mol. The summed E-state index contributed by atoms with van der Waals surface area (Å²) in [6, 6.07) is 26.4. The minimum absolute atomic E-state index is 0.331. The van der Waals surface area contributed by atoms with Crippen molar-refractivity contribution in [2.75, 3.05) is 0 Å². The molecule has 0 fully saturated rings. The molecule has 0 saturated carbocycles. The quantitative estimate of drug-likeness (QED) is 0.565. The van der Waals surface area contributed by atoms with Crippen molar-refractivity contribution in [2.45, 2.75) is 0 Å². The van der Waals surface area contributed by atoms with Crippen molar-refractivity contribution in [1.29, 1.82) is 0 Å². The van der Waals surface area contributed by atoms with Crippen LogP contribution in [-0.2, 0) is 0 Å². The lowest BCUT2D eigenvalue weighted by Crippen LogP contribution is -1.93. The second-order valence-corrected chi connectivity index (χ2v) is 5.36. The van der Waals surface area contributed by atoms with E-state index < -0.39 is 5.97 Å². The summed E-state index contributed by atoms with van der Waals surface area (Å²) in [6.45, 7) is 11.0. The van der Waals surface area contributed by atoms with E-state index in [2.05, 4.69) is 19.7 Å². The Balaban J connectivity index is 0.000000204. The Kier molecular flexibility index (Phi) is 10.0. The number of aromatic carboxylic acids is 1. The van der Waals surface area contributed by atoms with Gasteiger partial charge in [0.25, 0.3) is 0 Å². The summed E-state index contributed by atoms with van der Waals surface area (Å²) < 4.78 is 0. The summed E-state index contributed by atoms with van der Waals surface area (Å²) in [4.78, 5) is 10.2. The predicted octanol–water partition coefficient (Wildman–Crippen LogP) is 6.69. The van der Waals surface area contributed by atoms with E-state index in [1.807, 2.05) is 72.8 Å². The lowest BCUT2D eigenvalue weighted by Gasteiger charge is -1.92. The molecule has 3 rings (SSSR count). The van der Waals surface area contributed by atoms with Crippen molar-refractivity contribution >= 4 is 24.2 Å². The molecule has 0 bridgehead atoms. The predicted molar refractivity (Wildman–Crippen MR) is 117 cm³/mol. The van der Waals surface area contributed by atoms with Crippen LogP contribution in [0.25, 0.3) is 18.2 Å². The molecule has 3 aromatic carbocycles. The molecule has 0 unspecified atom stereocenters. The summed E-state index contributed by atoms with van der Waals surface area (Å²) in [5, 5.41) is 8.38. The van der Waals surface area contributed by atoms with Gasteiger partial charge in [-0.25, -0.2) is 4.79 Å². The highest BCUT2D eigenvalue weighted by Gasteiger charge is 1.96. The highest BCUT2D eigenvalue weighted by molar-refractivity contribution is 5.87. The van der Waals surface area contributed by atoms with Crippen LogP contribution in [0.1, 0.15) is 27.0 Å². The molecule has 0 atom stereocenters. The summed E-state index contributed by atoms with van der Waals surface area (Å²) in [5.74, 6) is -0.879. The molecular weight excluding hydrogens is 332 g/mol. The van der Waals surface area contributed by atoms with Gasteiger partial charge >= 0.3 is 5.97 Å². The summed E-state index contributed by atoms with van der Waals surface area (Å²) in [5.41, 5.74) is 3.79. The Morgan fingerprint density at radius 2 is 0.926 bits per heavy atom. The molecule has 1 N–H and O–H groups in total. The first-order chi connectivity index (χ1) is 13.1. The number of benzene rings is 3. The standard InChI is InChI=1S/C10H10.C8H8.C7H6O2/c1-3-9-5-7-10(4-2)8-6-9;1-2-8-6-4-3-5-7-8;8-7(9)6-4-2-1-3-5-6/h3-8H,1-2H2;2-7H,1H2;1-5H,(H,8,9). The van der Waals surface area contributed by atoms with E-state index in [0.29, 0.717) is 5.56 Å². The van der Waals surface area contributed by atoms with E-state index in [1.54, 1.807) is 30.3 Å². The summed E-state index contributed by atoms with van der Waals surface area (Å²) in [7, 11) is 0. The molecule has 0 aliphatic rings. The molecule has 0 aliphatic carbocycles. The molecule has 0 aliphatic heterocycles. The highest BCUT2D eigenvalue weighted by Crippen LogP contribution is 2.05. The maximum Gasteiger partial charge on any atom is 0.335 e. The number of carboxylic acids is 1. The third-order valence-corrected chi connectivity index (χ3v) is 3.46. The van der Waals surface area contributed by atoms with Crippen LogP contribution in [0.5, 0.6) is 0 Å². The maximum absolute atomic E-state index is 10.2. The highest BCUT2D eigenvalue weighted by atomic mass is 16.4. The van der Waals surface area contributed by atoms with Crippen LogP contribution in [0.4, 0.5) is 0 Å². The van der Waals surface area contributed by atoms with Crippen molar-refractivity contribution in [3.63, 3.8) is 0 Å². The lowest BCUT2D eigenvalue weighted by molar-refractivity contribution is 0.0697. The first kappa shape index (κ1) is 21.4. The van der Waals surface area contributed by atoms with Crippen LogP contribution in [0, 0.1) is 0 Å². The molecule has 0 radical (unpaired) electrons. The maximum atomic E-state index is 10.2. The van der Waals surface area contributed by atoms with E-state index >= 15 is 0 Å². The van der Waals surface area contributed by atoms with Gasteiger partial charge in [-0.3, -0.25) is 0 Å². The first-order valence-corrected chi connectivity index (χ1v) is 8.41. The average Bonchev–Trinajstić information content (AvgIpc) is 2.76. The van der Waals surface area contributed by atoms with E-state index in [-0.39, 0.29) is 0 Å². The van der Waals surface area contributed by atoms with E-state index in [1.165, 1.54) is 5.56 Å². The number of carbonyl (C=O) groups is 1. The molecule has 0 amide bonds. The van der Waals surface area contributed by atoms with Crippen LogP contribution in [0.2, 0.25) is 0 Å². The van der Waals surface area contributed by atoms with Crippen LogP contribution in [0.15, 0.2) is 105 Å². The molecule has 0 saturated heterocycles. The Hall–Kier alpha value is -3.65. The van der Waals surface area contributed by atoms with Crippen molar-refractivity contribution in [3.8, 4) is 0 Å². The first-order valence-electron chi connectivity index (χ1n) is 8.41.